The Kier molecular flexibility index (Phi) is 7.38. The molecule has 0 atom stereocenters. The molecule has 1 amide bonds. The van der Waals surface area contributed by atoms with E-state index < -0.39 is 11.7 Å². The molecule has 1 heterocycles. The SMILES string of the molecule is COc1cc2oc(=O)c3c(c2cc1OC(=O)C1CCC(CNC(=O)OC(C)(C)C)CC1)CCCC3. The second kappa shape index (κ2) is 10.3. The van der Waals surface area contributed by atoms with Gasteiger partial charge >= 0.3 is 17.7 Å². The van der Waals surface area contributed by atoms with E-state index in [4.69, 9.17) is 18.6 Å². The minimum atomic E-state index is -0.528. The number of hydrogen-bond donors (Lipinski definition) is 1. The van der Waals surface area contributed by atoms with Crippen molar-refractivity contribution in [1.29, 1.82) is 0 Å². The lowest BCUT2D eigenvalue weighted by Crippen LogP contribution is -2.36. The van der Waals surface area contributed by atoms with Crippen LogP contribution in [0.15, 0.2) is 21.3 Å². The summed E-state index contributed by atoms with van der Waals surface area (Å²) in [6, 6.07) is 3.41. The van der Waals surface area contributed by atoms with E-state index in [1.807, 2.05) is 20.8 Å². The molecule has 1 saturated carbocycles. The van der Waals surface area contributed by atoms with Crippen molar-refractivity contribution in [2.24, 2.45) is 11.8 Å². The number of ether oxygens (including phenoxy) is 3. The largest absolute Gasteiger partial charge is 0.493 e. The number of carbonyl (C=O) groups excluding carboxylic acids is 2. The highest BCUT2D eigenvalue weighted by atomic mass is 16.6. The Morgan fingerprint density at radius 1 is 1.03 bits per heavy atom. The molecule has 2 aliphatic carbocycles. The van der Waals surface area contributed by atoms with Crippen LogP contribution in [0.3, 0.4) is 0 Å². The number of carbonyl (C=O) groups is 2. The van der Waals surface area contributed by atoms with Crippen LogP contribution in [-0.4, -0.2) is 31.3 Å². The smallest absolute Gasteiger partial charge is 0.407 e. The zero-order valence-electron chi connectivity index (χ0n) is 21.0. The number of esters is 1. The number of benzene rings is 1. The van der Waals surface area contributed by atoms with Crippen molar-refractivity contribution >= 4 is 23.0 Å². The first-order valence-corrected chi connectivity index (χ1v) is 12.5. The summed E-state index contributed by atoms with van der Waals surface area (Å²) >= 11 is 0. The Morgan fingerprint density at radius 2 is 1.71 bits per heavy atom. The number of rotatable bonds is 5. The number of hydrogen-bond acceptors (Lipinski definition) is 7. The van der Waals surface area contributed by atoms with Crippen LogP contribution in [0.1, 0.15) is 70.4 Å². The van der Waals surface area contributed by atoms with Crippen LogP contribution in [0.2, 0.25) is 0 Å². The molecule has 1 fully saturated rings. The lowest BCUT2D eigenvalue weighted by atomic mass is 9.82. The Labute approximate surface area is 205 Å². The first-order valence-electron chi connectivity index (χ1n) is 12.5. The highest BCUT2D eigenvalue weighted by molar-refractivity contribution is 5.87. The maximum atomic E-state index is 13.0. The van der Waals surface area contributed by atoms with Crippen LogP contribution in [0.4, 0.5) is 4.79 Å². The molecular formula is C27H35NO7. The van der Waals surface area contributed by atoms with Crippen LogP contribution in [0.5, 0.6) is 11.5 Å². The van der Waals surface area contributed by atoms with Crippen LogP contribution in [0, 0.1) is 11.8 Å². The minimum absolute atomic E-state index is 0.212. The molecule has 0 bridgehead atoms. The van der Waals surface area contributed by atoms with E-state index in [2.05, 4.69) is 5.32 Å². The highest BCUT2D eigenvalue weighted by Crippen LogP contribution is 2.37. The van der Waals surface area contributed by atoms with Crippen LogP contribution in [0.25, 0.3) is 11.0 Å². The lowest BCUT2D eigenvalue weighted by molar-refractivity contribution is -0.140. The van der Waals surface area contributed by atoms with Crippen molar-refractivity contribution in [1.82, 2.24) is 5.32 Å². The third-order valence-electron chi connectivity index (χ3n) is 6.83. The molecule has 0 unspecified atom stereocenters. The number of amides is 1. The summed E-state index contributed by atoms with van der Waals surface area (Å²) in [4.78, 5) is 37.3. The van der Waals surface area contributed by atoms with Gasteiger partial charge in [0.05, 0.1) is 13.0 Å². The van der Waals surface area contributed by atoms with Crippen molar-refractivity contribution in [2.75, 3.05) is 13.7 Å². The number of nitrogens with one attached hydrogen (secondary N) is 1. The lowest BCUT2D eigenvalue weighted by Gasteiger charge is -2.28. The maximum absolute atomic E-state index is 13.0. The highest BCUT2D eigenvalue weighted by Gasteiger charge is 2.29. The second-order valence-electron chi connectivity index (χ2n) is 10.6. The minimum Gasteiger partial charge on any atom is -0.493 e. The number of aryl methyl sites for hydroxylation is 1. The molecule has 1 N–H and O–H groups in total. The average molecular weight is 486 g/mol. The molecule has 4 rings (SSSR count). The maximum Gasteiger partial charge on any atom is 0.407 e. The van der Waals surface area contributed by atoms with Crippen LogP contribution >= 0.6 is 0 Å². The van der Waals surface area contributed by atoms with Gasteiger partial charge < -0.3 is 23.9 Å². The number of alkyl carbamates (subject to hydrolysis) is 1. The van der Waals surface area contributed by atoms with E-state index in [9.17, 15) is 14.4 Å². The summed E-state index contributed by atoms with van der Waals surface area (Å²) in [6.45, 7) is 6.03. The van der Waals surface area contributed by atoms with Gasteiger partial charge in [-0.25, -0.2) is 9.59 Å². The molecule has 1 aromatic heterocycles. The van der Waals surface area contributed by atoms with Crippen LogP contribution in [-0.2, 0) is 22.4 Å². The van der Waals surface area contributed by atoms with Gasteiger partial charge in [0.2, 0.25) is 0 Å². The Morgan fingerprint density at radius 3 is 2.37 bits per heavy atom. The quantitative estimate of drug-likeness (QED) is 0.364. The van der Waals surface area contributed by atoms with Gasteiger partial charge in [0.25, 0.3) is 0 Å². The second-order valence-corrected chi connectivity index (χ2v) is 10.6. The van der Waals surface area contributed by atoms with Gasteiger partial charge in [0, 0.05) is 23.6 Å². The van der Waals surface area contributed by atoms with E-state index in [1.165, 1.54) is 7.11 Å². The molecule has 190 valence electrons. The molecule has 0 saturated heterocycles. The summed E-state index contributed by atoms with van der Waals surface area (Å²) in [6.07, 6.45) is 6.11. The zero-order valence-corrected chi connectivity index (χ0v) is 21.0. The van der Waals surface area contributed by atoms with Crippen molar-refractivity contribution in [3.8, 4) is 11.5 Å². The molecule has 2 aliphatic rings. The molecule has 0 radical (unpaired) electrons. The molecule has 0 spiro atoms. The van der Waals surface area contributed by atoms with Gasteiger partial charge in [-0.3, -0.25) is 4.79 Å². The topological polar surface area (TPSA) is 104 Å². The molecule has 8 nitrogen and oxygen atoms in total. The van der Waals surface area contributed by atoms with E-state index >= 15 is 0 Å². The van der Waals surface area contributed by atoms with E-state index in [1.54, 1.807) is 12.1 Å². The summed E-state index contributed by atoms with van der Waals surface area (Å²) in [5.74, 6) is 0.514. The standard InChI is InChI=1S/C27H35NO7/c1-27(2,3)35-26(31)28-15-16-9-11-17(12-10-16)24(29)34-23-13-20-18-7-5-6-8-19(18)25(30)33-21(20)14-22(23)32-4/h13-14,16-17H,5-12,15H2,1-4H3,(H,28,31). The van der Waals surface area contributed by atoms with Crippen molar-refractivity contribution in [2.45, 2.75) is 77.7 Å². The zero-order chi connectivity index (χ0) is 25.2. The third kappa shape index (κ3) is 5.97. The summed E-state index contributed by atoms with van der Waals surface area (Å²) in [5.41, 5.74) is 1.34. The summed E-state index contributed by atoms with van der Waals surface area (Å²) in [7, 11) is 1.50. The van der Waals surface area contributed by atoms with Gasteiger partial charge in [-0.05, 0) is 89.7 Å². The number of methoxy groups -OCH3 is 1. The van der Waals surface area contributed by atoms with Gasteiger partial charge in [-0.2, -0.15) is 0 Å². The Hall–Kier alpha value is -3.03. The van der Waals surface area contributed by atoms with Crippen molar-refractivity contribution in [3.05, 3.63) is 33.7 Å². The number of fused-ring (bicyclic) bond motifs is 3. The monoisotopic (exact) mass is 485 g/mol. The Bertz CT molecular complexity index is 1150. The van der Waals surface area contributed by atoms with Crippen molar-refractivity contribution < 1.29 is 28.2 Å². The van der Waals surface area contributed by atoms with E-state index in [-0.39, 0.29) is 17.5 Å². The fraction of sp³-hybridized carbons (Fsp3) is 0.593. The fourth-order valence-electron chi connectivity index (χ4n) is 5.03. The Balaban J connectivity index is 1.40. The summed E-state index contributed by atoms with van der Waals surface area (Å²) in [5, 5.41) is 3.63. The molecule has 35 heavy (non-hydrogen) atoms. The summed E-state index contributed by atoms with van der Waals surface area (Å²) < 4.78 is 22.1. The van der Waals surface area contributed by atoms with Gasteiger partial charge in [-0.1, -0.05) is 0 Å². The van der Waals surface area contributed by atoms with Gasteiger partial charge in [0.15, 0.2) is 11.5 Å². The predicted molar refractivity (Wildman–Crippen MR) is 131 cm³/mol. The molecule has 1 aromatic carbocycles. The van der Waals surface area contributed by atoms with Crippen molar-refractivity contribution in [3.63, 3.8) is 0 Å². The van der Waals surface area contributed by atoms with Crippen LogP contribution < -0.4 is 20.4 Å². The van der Waals surface area contributed by atoms with Gasteiger partial charge in [-0.15, -0.1) is 0 Å². The molecule has 8 heteroatoms. The molecular weight excluding hydrogens is 450 g/mol. The van der Waals surface area contributed by atoms with E-state index in [0.29, 0.717) is 48.8 Å². The molecule has 2 aromatic rings. The third-order valence-corrected chi connectivity index (χ3v) is 6.83. The van der Waals surface area contributed by atoms with E-state index in [0.717, 1.165) is 48.6 Å². The average Bonchev–Trinajstić information content (AvgIpc) is 2.82. The van der Waals surface area contributed by atoms with Gasteiger partial charge in [0.1, 0.15) is 11.2 Å². The first-order chi connectivity index (χ1) is 16.6. The normalized spacial score (nSPS) is 20.1. The predicted octanol–water partition coefficient (Wildman–Crippen LogP) is 4.92. The first kappa shape index (κ1) is 25.1. The molecule has 0 aliphatic heterocycles. The fourth-order valence-corrected chi connectivity index (χ4v) is 5.03.